The first-order valence-corrected chi connectivity index (χ1v) is 13.3. The number of benzene rings is 6. The van der Waals surface area contributed by atoms with Crippen LogP contribution in [0.2, 0.25) is 0 Å². The highest BCUT2D eigenvalue weighted by molar-refractivity contribution is 7.26. The molecule has 1 heteroatoms. The van der Waals surface area contributed by atoms with Gasteiger partial charge in [-0.3, -0.25) is 0 Å². The Balaban J connectivity index is 0.000000183. The summed E-state index contributed by atoms with van der Waals surface area (Å²) in [5.74, 6) is 0. The van der Waals surface area contributed by atoms with E-state index in [-0.39, 0.29) is 0 Å². The van der Waals surface area contributed by atoms with Gasteiger partial charge >= 0.3 is 0 Å². The number of hydrogen-bond donors (Lipinski definition) is 0. The maximum Gasteiger partial charge on any atom is 0.0436 e. The third-order valence-corrected chi connectivity index (χ3v) is 8.33. The molecule has 0 saturated heterocycles. The van der Waals surface area contributed by atoms with E-state index >= 15 is 0 Å². The predicted octanol–water partition coefficient (Wildman–Crippen LogP) is 10.6. The second-order valence-corrected chi connectivity index (χ2v) is 10.6. The van der Waals surface area contributed by atoms with E-state index in [0.717, 1.165) is 0 Å². The van der Waals surface area contributed by atoms with Gasteiger partial charge in [0.25, 0.3) is 0 Å². The normalized spacial score (nSPS) is 11.2. The average molecular weight is 481 g/mol. The average Bonchev–Trinajstić information content (AvgIpc) is 3.28. The fourth-order valence-corrected chi connectivity index (χ4v) is 6.55. The lowest BCUT2D eigenvalue weighted by Crippen LogP contribution is -1.88. The lowest BCUT2D eigenvalue weighted by molar-refractivity contribution is 1.43. The molecule has 6 aromatic carbocycles. The molecule has 7 aromatic rings. The zero-order chi connectivity index (χ0) is 24.6. The van der Waals surface area contributed by atoms with Crippen molar-refractivity contribution in [3.8, 4) is 11.1 Å². The lowest BCUT2D eigenvalue weighted by atomic mass is 9.92. The van der Waals surface area contributed by atoms with Gasteiger partial charge in [0.05, 0.1) is 0 Å². The van der Waals surface area contributed by atoms with Crippen molar-refractivity contribution >= 4 is 53.1 Å². The highest BCUT2D eigenvalue weighted by Crippen LogP contribution is 2.41. The van der Waals surface area contributed by atoms with E-state index in [2.05, 4.69) is 136 Å². The zero-order valence-corrected chi connectivity index (χ0v) is 21.7. The van der Waals surface area contributed by atoms with E-state index in [0.29, 0.717) is 0 Å². The van der Waals surface area contributed by atoms with Crippen LogP contribution in [0.25, 0.3) is 52.8 Å². The Morgan fingerprint density at radius 2 is 1.19 bits per heavy atom. The van der Waals surface area contributed by atoms with Crippen molar-refractivity contribution in [2.24, 2.45) is 0 Å². The Bertz CT molecular complexity index is 1870. The highest BCUT2D eigenvalue weighted by Gasteiger charge is 2.13. The summed E-state index contributed by atoms with van der Waals surface area (Å²) < 4.78 is 2.78. The predicted molar refractivity (Wildman–Crippen MR) is 160 cm³/mol. The summed E-state index contributed by atoms with van der Waals surface area (Å²) in [7, 11) is 0. The molecule has 0 fully saturated rings. The standard InChI is InChI=1S/C24H18S.C11H10/c1-15-7-3-4-8-18(15)19-13-11-17-12-14-21-20-9-5-6-10-22(20)25-24(21)23(17)16(19)2;1-9-6-7-10-4-2-3-5-11(10)8-9/h3-14H,1-2H3;2-8H,1H3. The first-order valence-electron chi connectivity index (χ1n) is 12.4. The van der Waals surface area contributed by atoms with Gasteiger partial charge in [0.15, 0.2) is 0 Å². The molecule has 0 amide bonds. The summed E-state index contributed by atoms with van der Waals surface area (Å²) in [5.41, 5.74) is 6.71. The number of thiophene rings is 1. The smallest absolute Gasteiger partial charge is 0.0436 e. The van der Waals surface area contributed by atoms with Gasteiger partial charge in [-0.25, -0.2) is 0 Å². The molecule has 0 N–H and O–H groups in total. The summed E-state index contributed by atoms with van der Waals surface area (Å²) >= 11 is 1.91. The van der Waals surface area contributed by atoms with E-state index in [1.165, 1.54) is 69.5 Å². The molecular weight excluding hydrogens is 452 g/mol. The third kappa shape index (κ3) is 3.96. The Morgan fingerprint density at radius 1 is 0.500 bits per heavy atom. The van der Waals surface area contributed by atoms with Gasteiger partial charge < -0.3 is 0 Å². The van der Waals surface area contributed by atoms with Gasteiger partial charge in [-0.2, -0.15) is 0 Å². The Kier molecular flexibility index (Phi) is 5.79. The van der Waals surface area contributed by atoms with Crippen LogP contribution < -0.4 is 0 Å². The summed E-state index contributed by atoms with van der Waals surface area (Å²) in [4.78, 5) is 0. The van der Waals surface area contributed by atoms with E-state index in [1.54, 1.807) is 0 Å². The number of hydrogen-bond acceptors (Lipinski definition) is 1. The van der Waals surface area contributed by atoms with Crippen LogP contribution in [-0.2, 0) is 0 Å². The van der Waals surface area contributed by atoms with Crippen LogP contribution in [0, 0.1) is 20.8 Å². The van der Waals surface area contributed by atoms with Crippen LogP contribution in [0.4, 0.5) is 0 Å². The number of fused-ring (bicyclic) bond motifs is 6. The molecule has 0 radical (unpaired) electrons. The van der Waals surface area contributed by atoms with Crippen LogP contribution in [-0.4, -0.2) is 0 Å². The molecule has 0 atom stereocenters. The quantitative estimate of drug-likeness (QED) is 0.219. The molecule has 0 aliphatic heterocycles. The Morgan fingerprint density at radius 3 is 2.06 bits per heavy atom. The van der Waals surface area contributed by atoms with Crippen molar-refractivity contribution in [2.45, 2.75) is 20.8 Å². The van der Waals surface area contributed by atoms with Gasteiger partial charge in [-0.05, 0) is 65.3 Å². The minimum absolute atomic E-state index is 1.32. The van der Waals surface area contributed by atoms with E-state index in [1.807, 2.05) is 11.3 Å². The molecule has 0 aliphatic rings. The van der Waals surface area contributed by atoms with E-state index in [4.69, 9.17) is 0 Å². The molecule has 1 aromatic heterocycles. The Hall–Kier alpha value is -3.94. The van der Waals surface area contributed by atoms with E-state index < -0.39 is 0 Å². The SMILES string of the molecule is Cc1ccc2ccccc2c1.Cc1ccccc1-c1ccc2ccc3c4ccccc4sc3c2c1C. The van der Waals surface area contributed by atoms with Crippen molar-refractivity contribution in [2.75, 3.05) is 0 Å². The third-order valence-electron chi connectivity index (χ3n) is 7.13. The largest absolute Gasteiger partial charge is 0.135 e. The molecule has 36 heavy (non-hydrogen) atoms. The lowest BCUT2D eigenvalue weighted by Gasteiger charge is -2.13. The van der Waals surface area contributed by atoms with Gasteiger partial charge in [0.2, 0.25) is 0 Å². The number of aryl methyl sites for hydroxylation is 3. The minimum Gasteiger partial charge on any atom is -0.135 e. The molecule has 0 aliphatic carbocycles. The second kappa shape index (κ2) is 9.26. The first kappa shape index (κ1) is 22.5. The van der Waals surface area contributed by atoms with Gasteiger partial charge in [-0.15, -0.1) is 11.3 Å². The summed E-state index contributed by atoms with van der Waals surface area (Å²) in [6.07, 6.45) is 0. The second-order valence-electron chi connectivity index (χ2n) is 9.54. The molecule has 174 valence electrons. The van der Waals surface area contributed by atoms with Crippen LogP contribution in [0.15, 0.2) is 115 Å². The van der Waals surface area contributed by atoms with Gasteiger partial charge in [0.1, 0.15) is 0 Å². The highest BCUT2D eigenvalue weighted by atomic mass is 32.1. The summed E-state index contributed by atoms with van der Waals surface area (Å²) in [6.45, 7) is 6.58. The molecule has 0 unspecified atom stereocenters. The molecular formula is C35H28S. The van der Waals surface area contributed by atoms with Crippen molar-refractivity contribution in [1.29, 1.82) is 0 Å². The molecule has 0 bridgehead atoms. The fourth-order valence-electron chi connectivity index (χ4n) is 5.24. The van der Waals surface area contributed by atoms with Crippen LogP contribution in [0.1, 0.15) is 16.7 Å². The monoisotopic (exact) mass is 480 g/mol. The summed E-state index contributed by atoms with van der Waals surface area (Å²) in [6, 6.07) is 41.4. The molecule has 0 spiro atoms. The molecule has 0 nitrogen and oxygen atoms in total. The fraction of sp³-hybridized carbons (Fsp3) is 0.0857. The van der Waals surface area contributed by atoms with Crippen LogP contribution in [0.5, 0.6) is 0 Å². The van der Waals surface area contributed by atoms with Crippen LogP contribution in [0.3, 0.4) is 0 Å². The maximum absolute atomic E-state index is 2.28. The topological polar surface area (TPSA) is 0 Å². The van der Waals surface area contributed by atoms with Gasteiger partial charge in [0, 0.05) is 25.6 Å². The number of rotatable bonds is 1. The van der Waals surface area contributed by atoms with Crippen molar-refractivity contribution in [3.05, 3.63) is 132 Å². The molecule has 7 rings (SSSR count). The maximum atomic E-state index is 2.28. The van der Waals surface area contributed by atoms with Crippen LogP contribution >= 0.6 is 11.3 Å². The van der Waals surface area contributed by atoms with Gasteiger partial charge in [-0.1, -0.05) is 115 Å². The molecule has 0 saturated carbocycles. The summed E-state index contributed by atoms with van der Waals surface area (Å²) in [5, 5.41) is 8.11. The van der Waals surface area contributed by atoms with E-state index in [9.17, 15) is 0 Å². The van der Waals surface area contributed by atoms with Crippen molar-refractivity contribution in [1.82, 2.24) is 0 Å². The first-order chi connectivity index (χ1) is 17.6. The molecule has 1 heterocycles. The van der Waals surface area contributed by atoms with Crippen molar-refractivity contribution in [3.63, 3.8) is 0 Å². The van der Waals surface area contributed by atoms with Crippen molar-refractivity contribution < 1.29 is 0 Å². The minimum atomic E-state index is 1.32. The Labute approximate surface area is 216 Å². The zero-order valence-electron chi connectivity index (χ0n) is 20.9.